The van der Waals surface area contributed by atoms with Gasteiger partial charge in [-0.25, -0.2) is 4.98 Å². The van der Waals surface area contributed by atoms with Crippen LogP contribution >= 0.6 is 22.7 Å². The number of nitrogens with zero attached hydrogens (tertiary/aromatic N) is 2. The van der Waals surface area contributed by atoms with Gasteiger partial charge in [0.1, 0.15) is 9.88 Å². The van der Waals surface area contributed by atoms with E-state index in [0.717, 1.165) is 51.7 Å². The molecule has 2 aromatic heterocycles. The number of benzene rings is 1. The molecule has 0 saturated heterocycles. The number of nitrogens with one attached hydrogen (secondary N) is 1. The van der Waals surface area contributed by atoms with Crippen molar-refractivity contribution in [1.82, 2.24) is 15.2 Å². The Hall–Kier alpha value is -2.51. The Morgan fingerprint density at radius 3 is 2.53 bits per heavy atom. The van der Waals surface area contributed by atoms with E-state index in [1.54, 1.807) is 11.3 Å². The van der Waals surface area contributed by atoms with Gasteiger partial charge in [0.25, 0.3) is 11.8 Å². The molecule has 0 aliphatic heterocycles. The zero-order chi connectivity index (χ0) is 20.7. The van der Waals surface area contributed by atoms with E-state index in [1.165, 1.54) is 11.3 Å². The highest BCUT2D eigenvalue weighted by Crippen LogP contribution is 2.35. The molecule has 1 N–H and O–H groups in total. The van der Waals surface area contributed by atoms with Crippen LogP contribution in [0.1, 0.15) is 57.0 Å². The number of rotatable bonds is 7. The van der Waals surface area contributed by atoms with Crippen molar-refractivity contribution in [3.63, 3.8) is 0 Å². The van der Waals surface area contributed by atoms with Gasteiger partial charge in [0.05, 0.1) is 10.6 Å². The van der Waals surface area contributed by atoms with Gasteiger partial charge in [0, 0.05) is 24.2 Å². The summed E-state index contributed by atoms with van der Waals surface area (Å²) in [5.41, 5.74) is 2.51. The number of aryl methyl sites for hydroxylation is 1. The topological polar surface area (TPSA) is 62.3 Å². The Morgan fingerprint density at radius 1 is 1.13 bits per heavy atom. The molecule has 5 nitrogen and oxygen atoms in total. The number of thiazole rings is 1. The van der Waals surface area contributed by atoms with Crippen LogP contribution in [0.3, 0.4) is 0 Å². The van der Waals surface area contributed by atoms with Gasteiger partial charge in [-0.05, 0) is 61.7 Å². The maximum absolute atomic E-state index is 13.4. The fraction of sp³-hybridized carbons (Fsp3) is 0.348. The van der Waals surface area contributed by atoms with Gasteiger partial charge in [-0.3, -0.25) is 9.59 Å². The van der Waals surface area contributed by atoms with Crippen LogP contribution in [-0.4, -0.2) is 33.8 Å². The number of hydrogen-bond acceptors (Lipinski definition) is 5. The summed E-state index contributed by atoms with van der Waals surface area (Å²) >= 11 is 3.12. The van der Waals surface area contributed by atoms with Crippen LogP contribution in [0.5, 0.6) is 0 Å². The van der Waals surface area contributed by atoms with Crippen molar-refractivity contribution in [1.29, 1.82) is 0 Å². The summed E-state index contributed by atoms with van der Waals surface area (Å²) in [7, 11) is 0. The lowest BCUT2D eigenvalue weighted by Crippen LogP contribution is -2.32. The van der Waals surface area contributed by atoms with Crippen molar-refractivity contribution in [3.05, 3.63) is 63.5 Å². The van der Waals surface area contributed by atoms with Crippen molar-refractivity contribution in [3.8, 4) is 9.88 Å². The lowest BCUT2D eigenvalue weighted by Gasteiger charge is -2.22. The highest BCUT2D eigenvalue weighted by Gasteiger charge is 2.35. The van der Waals surface area contributed by atoms with Gasteiger partial charge in [-0.2, -0.15) is 0 Å². The van der Waals surface area contributed by atoms with E-state index in [1.807, 2.05) is 53.6 Å². The Bertz CT molecular complexity index is 1060. The molecule has 0 unspecified atom stereocenters. The summed E-state index contributed by atoms with van der Waals surface area (Å²) in [6.07, 6.45) is 4.24. The summed E-state index contributed by atoms with van der Waals surface area (Å²) in [5.74, 6) is 0.0476. The number of aromatic nitrogens is 1. The minimum absolute atomic E-state index is 0.0134. The third kappa shape index (κ3) is 4.18. The van der Waals surface area contributed by atoms with Crippen LogP contribution in [0.2, 0.25) is 0 Å². The molecule has 0 radical (unpaired) electrons. The number of carbonyl (C=O) groups excluding carboxylic acids is 2. The van der Waals surface area contributed by atoms with Crippen LogP contribution in [-0.2, 0) is 6.54 Å². The van der Waals surface area contributed by atoms with Crippen molar-refractivity contribution in [2.45, 2.75) is 51.2 Å². The lowest BCUT2D eigenvalue weighted by molar-refractivity contribution is 0.0733. The highest BCUT2D eigenvalue weighted by atomic mass is 32.1. The standard InChI is InChI=1S/C23H23N3O2S2/c1-14-20(30-22(24-14)19-3-2-12-29-19)23(28)26(18-10-11-18)13-15-4-6-16(7-5-15)21(27)25-17-8-9-17/h2-7,12,17-18H,8-11,13H2,1H3,(H,25,27). The average Bonchev–Trinajstić information content (AvgIpc) is 3.66. The summed E-state index contributed by atoms with van der Waals surface area (Å²) in [5, 5.41) is 5.95. The van der Waals surface area contributed by atoms with E-state index in [-0.39, 0.29) is 11.8 Å². The number of carbonyl (C=O) groups is 2. The summed E-state index contributed by atoms with van der Waals surface area (Å²) in [4.78, 5) is 34.0. The maximum atomic E-state index is 13.4. The molecule has 1 aromatic carbocycles. The first kappa shape index (κ1) is 19.5. The summed E-state index contributed by atoms with van der Waals surface area (Å²) in [6.45, 7) is 2.47. The van der Waals surface area contributed by atoms with Gasteiger partial charge in [0.2, 0.25) is 0 Å². The van der Waals surface area contributed by atoms with E-state index in [4.69, 9.17) is 0 Å². The van der Waals surface area contributed by atoms with E-state index in [9.17, 15) is 9.59 Å². The molecule has 2 amide bonds. The molecule has 0 bridgehead atoms. The lowest BCUT2D eigenvalue weighted by atomic mass is 10.1. The molecule has 2 aliphatic carbocycles. The largest absolute Gasteiger partial charge is 0.349 e. The minimum atomic E-state index is -0.0134. The van der Waals surface area contributed by atoms with Crippen LogP contribution in [0.25, 0.3) is 9.88 Å². The molecule has 5 rings (SSSR count). The zero-order valence-corrected chi connectivity index (χ0v) is 18.4. The Balaban J connectivity index is 1.32. The maximum Gasteiger partial charge on any atom is 0.266 e. The second kappa shape index (κ2) is 7.96. The fourth-order valence-corrected chi connectivity index (χ4v) is 5.26. The molecule has 7 heteroatoms. The molecule has 154 valence electrons. The predicted octanol–water partition coefficient (Wildman–Crippen LogP) is 4.88. The molecule has 2 aliphatic rings. The van der Waals surface area contributed by atoms with Gasteiger partial charge in [-0.15, -0.1) is 22.7 Å². The molecule has 2 fully saturated rings. The van der Waals surface area contributed by atoms with Crippen molar-refractivity contribution in [2.75, 3.05) is 0 Å². The molecule has 30 heavy (non-hydrogen) atoms. The number of hydrogen-bond donors (Lipinski definition) is 1. The van der Waals surface area contributed by atoms with Crippen LogP contribution < -0.4 is 5.32 Å². The summed E-state index contributed by atoms with van der Waals surface area (Å²) < 4.78 is 0. The third-order valence-corrected chi connectivity index (χ3v) is 7.64. The normalized spacial score (nSPS) is 15.8. The Kier molecular flexibility index (Phi) is 5.16. The molecule has 0 spiro atoms. The monoisotopic (exact) mass is 437 g/mol. The molecule has 2 heterocycles. The van der Waals surface area contributed by atoms with Crippen LogP contribution in [0.4, 0.5) is 0 Å². The number of thiophene rings is 1. The first-order valence-corrected chi connectivity index (χ1v) is 12.0. The van der Waals surface area contributed by atoms with Gasteiger partial charge in [0.15, 0.2) is 0 Å². The first-order valence-electron chi connectivity index (χ1n) is 10.3. The third-order valence-electron chi connectivity index (χ3n) is 5.45. The van der Waals surface area contributed by atoms with E-state index in [0.29, 0.717) is 24.2 Å². The van der Waals surface area contributed by atoms with Crippen LogP contribution in [0, 0.1) is 6.92 Å². The van der Waals surface area contributed by atoms with Gasteiger partial charge >= 0.3 is 0 Å². The Labute approximate surface area is 183 Å². The molecule has 0 atom stereocenters. The van der Waals surface area contributed by atoms with Crippen LogP contribution in [0.15, 0.2) is 41.8 Å². The van der Waals surface area contributed by atoms with E-state index in [2.05, 4.69) is 10.3 Å². The van der Waals surface area contributed by atoms with Crippen molar-refractivity contribution < 1.29 is 9.59 Å². The van der Waals surface area contributed by atoms with Crippen molar-refractivity contribution in [2.24, 2.45) is 0 Å². The smallest absolute Gasteiger partial charge is 0.266 e. The van der Waals surface area contributed by atoms with Gasteiger partial charge < -0.3 is 10.2 Å². The highest BCUT2D eigenvalue weighted by molar-refractivity contribution is 7.22. The van der Waals surface area contributed by atoms with E-state index >= 15 is 0 Å². The fourth-order valence-electron chi connectivity index (χ4n) is 3.44. The zero-order valence-electron chi connectivity index (χ0n) is 16.8. The van der Waals surface area contributed by atoms with E-state index < -0.39 is 0 Å². The van der Waals surface area contributed by atoms with Gasteiger partial charge in [-0.1, -0.05) is 18.2 Å². The second-order valence-corrected chi connectivity index (χ2v) is 9.97. The predicted molar refractivity (Wildman–Crippen MR) is 120 cm³/mol. The molecular weight excluding hydrogens is 414 g/mol. The molecule has 2 saturated carbocycles. The Morgan fingerprint density at radius 2 is 1.90 bits per heavy atom. The first-order chi connectivity index (χ1) is 14.6. The second-order valence-electron chi connectivity index (χ2n) is 8.02. The molecule has 3 aromatic rings. The number of amides is 2. The summed E-state index contributed by atoms with van der Waals surface area (Å²) in [6, 6.07) is 12.3. The molecular formula is C23H23N3O2S2. The minimum Gasteiger partial charge on any atom is -0.349 e. The van der Waals surface area contributed by atoms with Crippen molar-refractivity contribution >= 4 is 34.5 Å². The quantitative estimate of drug-likeness (QED) is 0.573. The SMILES string of the molecule is Cc1nc(-c2cccs2)sc1C(=O)N(Cc1ccc(C(=O)NC2CC2)cc1)C1CC1. The average molecular weight is 438 g/mol.